The molecule has 0 aliphatic carbocycles. The Labute approximate surface area is 140 Å². The lowest BCUT2D eigenvalue weighted by atomic mass is 9.79. The number of nitrogens with zero attached hydrogens (tertiary/aromatic N) is 1. The molecule has 0 spiro atoms. The summed E-state index contributed by atoms with van der Waals surface area (Å²) in [5, 5.41) is 0. The largest absolute Gasteiger partial charge is 0.494 e. The molecule has 0 amide bonds. The minimum Gasteiger partial charge on any atom is -0.399 e. The zero-order valence-electron chi connectivity index (χ0n) is 15.1. The van der Waals surface area contributed by atoms with E-state index in [4.69, 9.17) is 14.0 Å². The van der Waals surface area contributed by atoms with Crippen LogP contribution in [0.1, 0.15) is 41.5 Å². The van der Waals surface area contributed by atoms with Crippen LogP contribution >= 0.6 is 0 Å². The SMILES string of the molecule is CC1CN(c2ccc(B3OC(C)(C)C(C)(C)O3)cc2)CC(C)O1. The molecule has 2 atom stereocenters. The zero-order valence-corrected chi connectivity index (χ0v) is 15.1. The quantitative estimate of drug-likeness (QED) is 0.785. The van der Waals surface area contributed by atoms with Crippen LogP contribution in [-0.4, -0.2) is 43.6 Å². The van der Waals surface area contributed by atoms with Crippen molar-refractivity contribution in [2.75, 3.05) is 18.0 Å². The first-order valence-electron chi connectivity index (χ1n) is 8.54. The molecular formula is C18H28BNO3. The van der Waals surface area contributed by atoms with Crippen molar-refractivity contribution >= 4 is 18.3 Å². The van der Waals surface area contributed by atoms with E-state index >= 15 is 0 Å². The summed E-state index contributed by atoms with van der Waals surface area (Å²) in [5.41, 5.74) is 1.70. The average Bonchev–Trinajstić information content (AvgIpc) is 2.66. The van der Waals surface area contributed by atoms with E-state index < -0.39 is 0 Å². The highest BCUT2D eigenvalue weighted by Crippen LogP contribution is 2.36. The van der Waals surface area contributed by atoms with Crippen LogP contribution in [0.5, 0.6) is 0 Å². The number of hydrogen-bond acceptors (Lipinski definition) is 4. The predicted molar refractivity (Wildman–Crippen MR) is 94.4 cm³/mol. The second kappa shape index (κ2) is 5.80. The van der Waals surface area contributed by atoms with Gasteiger partial charge in [0, 0.05) is 18.8 Å². The van der Waals surface area contributed by atoms with Gasteiger partial charge in [0.1, 0.15) is 0 Å². The van der Waals surface area contributed by atoms with Gasteiger partial charge in [0.25, 0.3) is 0 Å². The fourth-order valence-corrected chi connectivity index (χ4v) is 3.21. The van der Waals surface area contributed by atoms with Gasteiger partial charge < -0.3 is 18.9 Å². The fraction of sp³-hybridized carbons (Fsp3) is 0.667. The number of ether oxygens (including phenoxy) is 1. The van der Waals surface area contributed by atoms with E-state index in [0.29, 0.717) is 0 Å². The Morgan fingerprint density at radius 1 is 0.913 bits per heavy atom. The molecule has 2 aliphatic rings. The smallest absolute Gasteiger partial charge is 0.399 e. The van der Waals surface area contributed by atoms with Crippen LogP contribution in [0, 0.1) is 0 Å². The Morgan fingerprint density at radius 3 is 1.87 bits per heavy atom. The first-order chi connectivity index (χ1) is 10.7. The first kappa shape index (κ1) is 16.8. The normalized spacial score (nSPS) is 29.8. The zero-order chi connectivity index (χ0) is 16.8. The molecule has 1 aromatic carbocycles. The molecule has 0 N–H and O–H groups in total. The van der Waals surface area contributed by atoms with Crippen molar-refractivity contribution in [2.45, 2.75) is 65.0 Å². The van der Waals surface area contributed by atoms with Crippen molar-refractivity contribution in [1.29, 1.82) is 0 Å². The minimum absolute atomic E-state index is 0.265. The number of hydrogen-bond donors (Lipinski definition) is 0. The maximum absolute atomic E-state index is 6.11. The summed E-state index contributed by atoms with van der Waals surface area (Å²) in [4.78, 5) is 2.38. The van der Waals surface area contributed by atoms with E-state index in [-0.39, 0.29) is 30.5 Å². The number of morpholine rings is 1. The number of anilines is 1. The van der Waals surface area contributed by atoms with Crippen LogP contribution < -0.4 is 10.4 Å². The third-order valence-corrected chi connectivity index (χ3v) is 5.20. The van der Waals surface area contributed by atoms with Gasteiger partial charge in [0.15, 0.2) is 0 Å². The van der Waals surface area contributed by atoms with E-state index in [1.165, 1.54) is 5.69 Å². The van der Waals surface area contributed by atoms with Crippen LogP contribution in [0.4, 0.5) is 5.69 Å². The third kappa shape index (κ3) is 3.28. The van der Waals surface area contributed by atoms with Crippen molar-refractivity contribution in [1.82, 2.24) is 0 Å². The Bertz CT molecular complexity index is 532. The molecule has 0 saturated carbocycles. The van der Waals surface area contributed by atoms with Gasteiger partial charge in [-0.3, -0.25) is 0 Å². The highest BCUT2D eigenvalue weighted by atomic mass is 16.7. The molecule has 3 rings (SSSR count). The van der Waals surface area contributed by atoms with E-state index in [2.05, 4.69) is 70.7 Å². The predicted octanol–water partition coefficient (Wildman–Crippen LogP) is 2.60. The van der Waals surface area contributed by atoms with Crippen LogP contribution in [0.25, 0.3) is 0 Å². The molecule has 0 bridgehead atoms. The van der Waals surface area contributed by atoms with Crippen molar-refractivity contribution in [3.63, 3.8) is 0 Å². The molecule has 4 nitrogen and oxygen atoms in total. The van der Waals surface area contributed by atoms with Gasteiger partial charge in [-0.2, -0.15) is 0 Å². The van der Waals surface area contributed by atoms with Gasteiger partial charge in [-0.1, -0.05) is 12.1 Å². The Balaban J connectivity index is 1.73. The van der Waals surface area contributed by atoms with Crippen molar-refractivity contribution in [2.24, 2.45) is 0 Å². The standard InChI is InChI=1S/C18H28BNO3/c1-13-11-20(12-14(2)21-13)16-9-7-15(8-10-16)19-22-17(3,4)18(5,6)23-19/h7-10,13-14H,11-12H2,1-6H3. The fourth-order valence-electron chi connectivity index (χ4n) is 3.21. The molecule has 2 fully saturated rings. The highest BCUT2D eigenvalue weighted by molar-refractivity contribution is 6.62. The monoisotopic (exact) mass is 317 g/mol. The molecule has 0 aromatic heterocycles. The summed E-state index contributed by atoms with van der Waals surface area (Å²) >= 11 is 0. The summed E-state index contributed by atoms with van der Waals surface area (Å²) in [6.07, 6.45) is 0.531. The second-order valence-electron chi connectivity index (χ2n) is 7.84. The Kier molecular flexibility index (Phi) is 4.24. The molecule has 2 unspecified atom stereocenters. The maximum atomic E-state index is 6.11. The molecule has 1 aromatic rings. The summed E-state index contributed by atoms with van der Waals surface area (Å²) in [5.74, 6) is 0. The topological polar surface area (TPSA) is 30.9 Å². The van der Waals surface area contributed by atoms with Gasteiger partial charge in [0.2, 0.25) is 0 Å². The van der Waals surface area contributed by atoms with Crippen molar-refractivity contribution < 1.29 is 14.0 Å². The van der Waals surface area contributed by atoms with Crippen molar-refractivity contribution in [3.8, 4) is 0 Å². The molecule has 0 radical (unpaired) electrons. The maximum Gasteiger partial charge on any atom is 0.494 e. The molecule has 126 valence electrons. The Morgan fingerprint density at radius 2 is 1.39 bits per heavy atom. The molecule has 2 saturated heterocycles. The Hall–Kier alpha value is -1.04. The third-order valence-electron chi connectivity index (χ3n) is 5.20. The van der Waals surface area contributed by atoms with Crippen LogP contribution in [-0.2, 0) is 14.0 Å². The molecule has 2 heterocycles. The average molecular weight is 317 g/mol. The van der Waals surface area contributed by atoms with Crippen LogP contribution in [0.3, 0.4) is 0 Å². The lowest BCUT2D eigenvalue weighted by Gasteiger charge is -2.37. The summed E-state index contributed by atoms with van der Waals surface area (Å²) in [6, 6.07) is 8.54. The van der Waals surface area contributed by atoms with Gasteiger partial charge in [-0.25, -0.2) is 0 Å². The number of rotatable bonds is 2. The molecular weight excluding hydrogens is 289 g/mol. The highest BCUT2D eigenvalue weighted by Gasteiger charge is 2.51. The van der Waals surface area contributed by atoms with Gasteiger partial charge in [0.05, 0.1) is 23.4 Å². The van der Waals surface area contributed by atoms with E-state index in [1.54, 1.807) is 0 Å². The minimum atomic E-state index is -0.300. The van der Waals surface area contributed by atoms with Crippen LogP contribution in [0.15, 0.2) is 24.3 Å². The van der Waals surface area contributed by atoms with E-state index in [9.17, 15) is 0 Å². The van der Waals surface area contributed by atoms with Gasteiger partial charge in [-0.15, -0.1) is 0 Å². The van der Waals surface area contributed by atoms with E-state index in [0.717, 1.165) is 18.6 Å². The lowest BCUT2D eigenvalue weighted by molar-refractivity contribution is -0.00521. The number of benzene rings is 1. The molecule has 23 heavy (non-hydrogen) atoms. The van der Waals surface area contributed by atoms with Crippen molar-refractivity contribution in [3.05, 3.63) is 24.3 Å². The first-order valence-corrected chi connectivity index (χ1v) is 8.54. The molecule has 5 heteroatoms. The summed E-state index contributed by atoms with van der Waals surface area (Å²) in [6.45, 7) is 14.4. The van der Waals surface area contributed by atoms with Gasteiger partial charge in [-0.05, 0) is 59.1 Å². The van der Waals surface area contributed by atoms with Crippen LogP contribution in [0.2, 0.25) is 0 Å². The van der Waals surface area contributed by atoms with Gasteiger partial charge >= 0.3 is 7.12 Å². The van der Waals surface area contributed by atoms with E-state index in [1.807, 2.05) is 0 Å². The summed E-state index contributed by atoms with van der Waals surface area (Å²) < 4.78 is 18.0. The second-order valence-corrected chi connectivity index (χ2v) is 7.84. The lowest BCUT2D eigenvalue weighted by Crippen LogP contribution is -2.45. The summed E-state index contributed by atoms with van der Waals surface area (Å²) in [7, 11) is -0.295. The molecule has 2 aliphatic heterocycles.